The van der Waals surface area contributed by atoms with E-state index in [-0.39, 0.29) is 15.7 Å². The summed E-state index contributed by atoms with van der Waals surface area (Å²) in [4.78, 5) is 24.4. The fourth-order valence-electron chi connectivity index (χ4n) is 3.89. The number of ether oxygens (including phenoxy) is 2. The van der Waals surface area contributed by atoms with E-state index in [4.69, 9.17) is 55.9 Å². The van der Waals surface area contributed by atoms with Crippen LogP contribution >= 0.6 is 46.4 Å². The number of benzene rings is 2. The van der Waals surface area contributed by atoms with Gasteiger partial charge in [0.2, 0.25) is 10.6 Å². The van der Waals surface area contributed by atoms with E-state index in [1.165, 1.54) is 0 Å². The Kier molecular flexibility index (Phi) is 8.51. The summed E-state index contributed by atoms with van der Waals surface area (Å²) in [6, 6.07) is 15.6. The molecule has 0 N–H and O–H groups in total. The number of rotatable bonds is 6. The van der Waals surface area contributed by atoms with Gasteiger partial charge in [-0.05, 0) is 58.6 Å². The van der Waals surface area contributed by atoms with E-state index in [0.29, 0.717) is 40.6 Å². The molecule has 0 aliphatic rings. The number of fused-ring (bicyclic) bond motifs is 2. The third-order valence-electron chi connectivity index (χ3n) is 5.82. The smallest absolute Gasteiger partial charge is 0.225 e. The minimum Gasteiger partial charge on any atom is -0.497 e. The molecule has 0 saturated carbocycles. The molecule has 4 aromatic heterocycles. The second kappa shape index (κ2) is 12.2. The van der Waals surface area contributed by atoms with Crippen molar-refractivity contribution in [2.24, 2.45) is 0 Å². The van der Waals surface area contributed by atoms with Crippen molar-refractivity contribution < 1.29 is 9.47 Å². The van der Waals surface area contributed by atoms with Crippen LogP contribution in [0.2, 0.25) is 20.9 Å². The average molecular weight is 618 g/mol. The second-order valence-electron chi connectivity index (χ2n) is 8.35. The highest BCUT2D eigenvalue weighted by Crippen LogP contribution is 2.23. The van der Waals surface area contributed by atoms with Gasteiger partial charge in [0.15, 0.2) is 21.6 Å². The molecule has 0 atom stereocenters. The molecule has 4 heterocycles. The largest absolute Gasteiger partial charge is 0.497 e. The summed E-state index contributed by atoms with van der Waals surface area (Å²) in [7, 11) is 3.28. The average Bonchev–Trinajstić information content (AvgIpc) is 3.54. The topological polar surface area (TPSA) is 106 Å². The van der Waals surface area contributed by atoms with Crippen LogP contribution in [0, 0.1) is 0 Å². The lowest BCUT2D eigenvalue weighted by atomic mass is 10.2. The summed E-state index contributed by atoms with van der Waals surface area (Å²) in [6.45, 7) is 1.23. The zero-order chi connectivity index (χ0) is 28.2. The van der Waals surface area contributed by atoms with Crippen LogP contribution in [-0.2, 0) is 13.1 Å². The molecule has 0 amide bonds. The highest BCUT2D eigenvalue weighted by atomic mass is 35.5. The summed E-state index contributed by atoms with van der Waals surface area (Å²) in [5.41, 5.74) is 4.51. The third-order valence-corrected chi connectivity index (χ3v) is 6.69. The molecule has 10 nitrogen and oxygen atoms in total. The minimum atomic E-state index is 0.0946. The van der Waals surface area contributed by atoms with Crippen LogP contribution in [0.1, 0.15) is 11.1 Å². The van der Waals surface area contributed by atoms with E-state index in [9.17, 15) is 0 Å². The van der Waals surface area contributed by atoms with E-state index in [1.54, 1.807) is 26.9 Å². The van der Waals surface area contributed by atoms with Crippen molar-refractivity contribution in [3.63, 3.8) is 0 Å². The summed E-state index contributed by atoms with van der Waals surface area (Å²) in [5.74, 6) is 1.63. The summed E-state index contributed by atoms with van der Waals surface area (Å²) in [5, 5.41) is 0.760. The summed E-state index contributed by atoms with van der Waals surface area (Å²) in [6.07, 6.45) is 3.34. The van der Waals surface area contributed by atoms with E-state index in [1.807, 2.05) is 57.7 Å². The molecule has 6 rings (SSSR count). The van der Waals surface area contributed by atoms with E-state index in [2.05, 4.69) is 29.9 Å². The van der Waals surface area contributed by atoms with Crippen LogP contribution in [0.3, 0.4) is 0 Å². The van der Waals surface area contributed by atoms with Gasteiger partial charge in [0.05, 0.1) is 33.4 Å². The van der Waals surface area contributed by atoms with Crippen LogP contribution in [0.4, 0.5) is 0 Å². The number of methoxy groups -OCH3 is 2. The Morgan fingerprint density at radius 1 is 0.625 bits per heavy atom. The number of hydrogen-bond donors (Lipinski definition) is 0. The number of nitrogens with zero attached hydrogens (tertiary/aromatic N) is 8. The molecule has 2 aromatic carbocycles. The Bertz CT molecular complexity index is 1770. The maximum atomic E-state index is 6.11. The first kappa shape index (κ1) is 27.9. The molecule has 0 unspecified atom stereocenters. The SMILES string of the molecule is COc1ccc(Cn2cnc3c(Cl)nc(Cl)nc32)cc1.COc1ccc(Cn2cnc3nc(Cl)nc(Cl)c32)cc1. The van der Waals surface area contributed by atoms with Gasteiger partial charge in [-0.15, -0.1) is 0 Å². The first-order valence-electron chi connectivity index (χ1n) is 11.7. The standard InChI is InChI=1S/2C13H10Cl2N4O/c1-20-9-4-2-8(3-5-9)6-19-7-16-12-10(19)11(14)17-13(15)18-12;1-20-9-4-2-8(3-5-9)6-19-7-16-10-11(14)17-13(15)18-12(10)19/h2*2-5,7H,6H2,1H3. The highest BCUT2D eigenvalue weighted by Gasteiger charge is 2.12. The Morgan fingerprint density at radius 3 is 1.75 bits per heavy atom. The predicted octanol–water partition coefficient (Wildman–Crippen LogP) is 6.38. The van der Waals surface area contributed by atoms with Crippen LogP contribution in [0.15, 0.2) is 61.2 Å². The Labute approximate surface area is 248 Å². The molecule has 0 aliphatic carbocycles. The van der Waals surface area contributed by atoms with E-state index >= 15 is 0 Å². The Morgan fingerprint density at radius 2 is 1.15 bits per heavy atom. The molecule has 0 saturated heterocycles. The van der Waals surface area contributed by atoms with Gasteiger partial charge in [-0.25, -0.2) is 19.9 Å². The van der Waals surface area contributed by atoms with Gasteiger partial charge in [0.25, 0.3) is 0 Å². The van der Waals surface area contributed by atoms with Gasteiger partial charge in [0.1, 0.15) is 22.5 Å². The molecule has 0 radical (unpaired) electrons. The predicted molar refractivity (Wildman–Crippen MR) is 155 cm³/mol. The van der Waals surface area contributed by atoms with Gasteiger partial charge in [-0.3, -0.25) is 0 Å². The van der Waals surface area contributed by atoms with Gasteiger partial charge < -0.3 is 18.6 Å². The fraction of sp³-hybridized carbons (Fsp3) is 0.154. The van der Waals surface area contributed by atoms with E-state index in [0.717, 1.165) is 22.6 Å². The number of hydrogen-bond acceptors (Lipinski definition) is 8. The highest BCUT2D eigenvalue weighted by molar-refractivity contribution is 6.35. The van der Waals surface area contributed by atoms with Gasteiger partial charge in [-0.2, -0.15) is 9.97 Å². The van der Waals surface area contributed by atoms with Gasteiger partial charge in [-0.1, -0.05) is 47.5 Å². The maximum Gasteiger partial charge on any atom is 0.225 e. The van der Waals surface area contributed by atoms with Crippen LogP contribution in [0.5, 0.6) is 11.5 Å². The molecular formula is C26H20Cl4N8O2. The molecule has 0 aliphatic heterocycles. The molecular weight excluding hydrogens is 598 g/mol. The number of imidazole rings is 2. The quantitative estimate of drug-likeness (QED) is 0.157. The lowest BCUT2D eigenvalue weighted by Crippen LogP contribution is -2.00. The molecule has 6 aromatic rings. The van der Waals surface area contributed by atoms with Crippen molar-refractivity contribution in [2.75, 3.05) is 14.2 Å². The first-order valence-corrected chi connectivity index (χ1v) is 13.2. The van der Waals surface area contributed by atoms with Crippen molar-refractivity contribution in [3.8, 4) is 11.5 Å². The van der Waals surface area contributed by atoms with Crippen molar-refractivity contribution >= 4 is 68.7 Å². The second-order valence-corrected chi connectivity index (χ2v) is 9.74. The van der Waals surface area contributed by atoms with Crippen LogP contribution < -0.4 is 9.47 Å². The van der Waals surface area contributed by atoms with Gasteiger partial charge in [0, 0.05) is 6.54 Å². The van der Waals surface area contributed by atoms with E-state index < -0.39 is 0 Å². The van der Waals surface area contributed by atoms with Crippen molar-refractivity contribution in [2.45, 2.75) is 13.1 Å². The summed E-state index contributed by atoms with van der Waals surface area (Å²) < 4.78 is 14.0. The molecule has 0 fully saturated rings. The monoisotopic (exact) mass is 616 g/mol. The third kappa shape index (κ3) is 6.20. The first-order chi connectivity index (χ1) is 19.3. The Hall–Kier alpha value is -3.70. The summed E-state index contributed by atoms with van der Waals surface area (Å²) >= 11 is 23.7. The fourth-order valence-corrected chi connectivity index (χ4v) is 4.79. The lowest BCUT2D eigenvalue weighted by Gasteiger charge is -2.06. The van der Waals surface area contributed by atoms with Crippen LogP contribution in [-0.4, -0.2) is 53.3 Å². The minimum absolute atomic E-state index is 0.0946. The van der Waals surface area contributed by atoms with Gasteiger partial charge >= 0.3 is 0 Å². The normalized spacial score (nSPS) is 10.9. The maximum absolute atomic E-state index is 6.11. The van der Waals surface area contributed by atoms with Crippen LogP contribution in [0.25, 0.3) is 22.3 Å². The molecule has 40 heavy (non-hydrogen) atoms. The molecule has 0 spiro atoms. The molecule has 0 bridgehead atoms. The van der Waals surface area contributed by atoms with Crippen molar-refractivity contribution in [1.29, 1.82) is 0 Å². The molecule has 204 valence electrons. The molecule has 14 heteroatoms. The Balaban J connectivity index is 0.000000161. The number of halogens is 4. The number of aromatic nitrogens is 8. The zero-order valence-corrected chi connectivity index (χ0v) is 24.1. The van der Waals surface area contributed by atoms with Crippen molar-refractivity contribution in [1.82, 2.24) is 39.0 Å². The van der Waals surface area contributed by atoms with Crippen molar-refractivity contribution in [3.05, 3.63) is 93.2 Å². The zero-order valence-electron chi connectivity index (χ0n) is 21.1. The lowest BCUT2D eigenvalue weighted by molar-refractivity contribution is 0.414.